The maximum Gasteiger partial charge on any atom is 0.331 e. The Labute approximate surface area is 132 Å². The van der Waals surface area contributed by atoms with Crippen molar-refractivity contribution in [2.75, 3.05) is 6.54 Å². The number of hydrogen-bond donors (Lipinski definition) is 1. The molecule has 2 aromatic rings. The Hall–Kier alpha value is -3.15. The van der Waals surface area contributed by atoms with Crippen LogP contribution in [0, 0.1) is 0 Å². The summed E-state index contributed by atoms with van der Waals surface area (Å²) in [6.45, 7) is 3.56. The highest BCUT2D eigenvalue weighted by atomic mass is 16.2. The minimum Gasteiger partial charge on any atom is -0.350 e. The van der Waals surface area contributed by atoms with Crippen LogP contribution >= 0.6 is 0 Å². The highest BCUT2D eigenvalue weighted by molar-refractivity contribution is 6.31. The molecule has 23 heavy (non-hydrogen) atoms. The molecule has 3 rings (SSSR count). The molecule has 0 saturated carbocycles. The van der Waals surface area contributed by atoms with Gasteiger partial charge in [-0.2, -0.15) is 0 Å². The lowest BCUT2D eigenvalue weighted by Crippen LogP contribution is -2.54. The van der Waals surface area contributed by atoms with Crippen molar-refractivity contribution in [3.63, 3.8) is 0 Å². The summed E-state index contributed by atoms with van der Waals surface area (Å²) in [6, 6.07) is 6.95. The second kappa shape index (κ2) is 5.57. The number of amides is 4. The minimum atomic E-state index is -0.727. The number of nitrogens with zero attached hydrogens (tertiary/aromatic N) is 2. The molecular formula is C17H15N3O3. The van der Waals surface area contributed by atoms with Crippen LogP contribution in [0.1, 0.15) is 5.56 Å². The Morgan fingerprint density at radius 2 is 1.96 bits per heavy atom. The fourth-order valence-electron chi connectivity index (χ4n) is 2.63. The van der Waals surface area contributed by atoms with Gasteiger partial charge in [0.2, 0.25) is 0 Å². The molecule has 0 bridgehead atoms. The standard InChI is InChI=1S/C17H15N3O3/c1-3-8-20-16(22)13(15(21)18-17(20)23)9-11-10-19(2)14-7-5-4-6-12(11)14/h3-7,9-10H,1,8H2,2H3,(H,18,21,23)/b13-9-. The number of urea groups is 1. The van der Waals surface area contributed by atoms with Crippen molar-refractivity contribution >= 4 is 34.8 Å². The molecule has 0 radical (unpaired) electrons. The Balaban J connectivity index is 2.09. The maximum absolute atomic E-state index is 12.4. The largest absolute Gasteiger partial charge is 0.350 e. The van der Waals surface area contributed by atoms with Gasteiger partial charge in [-0.25, -0.2) is 4.79 Å². The second-order valence-corrected chi connectivity index (χ2v) is 5.23. The molecule has 116 valence electrons. The average molecular weight is 309 g/mol. The first-order valence-corrected chi connectivity index (χ1v) is 7.06. The van der Waals surface area contributed by atoms with E-state index in [0.29, 0.717) is 0 Å². The normalized spacial score (nSPS) is 17.0. The Kier molecular flexibility index (Phi) is 3.57. The number of nitrogens with one attached hydrogen (secondary N) is 1. The summed E-state index contributed by atoms with van der Waals surface area (Å²) in [5.74, 6) is -1.31. The van der Waals surface area contributed by atoms with Crippen LogP contribution < -0.4 is 5.32 Å². The topological polar surface area (TPSA) is 71.4 Å². The fraction of sp³-hybridized carbons (Fsp3) is 0.118. The van der Waals surface area contributed by atoms with E-state index in [0.717, 1.165) is 21.4 Å². The smallest absolute Gasteiger partial charge is 0.331 e. The third kappa shape index (κ3) is 2.44. The first-order chi connectivity index (χ1) is 11.0. The molecule has 6 nitrogen and oxygen atoms in total. The molecule has 1 aromatic heterocycles. The number of hydrogen-bond acceptors (Lipinski definition) is 3. The predicted molar refractivity (Wildman–Crippen MR) is 86.3 cm³/mol. The number of rotatable bonds is 3. The van der Waals surface area contributed by atoms with Crippen LogP contribution in [0.15, 0.2) is 48.7 Å². The lowest BCUT2D eigenvalue weighted by Gasteiger charge is -2.25. The van der Waals surface area contributed by atoms with Gasteiger partial charge in [0.15, 0.2) is 0 Å². The Morgan fingerprint density at radius 3 is 2.70 bits per heavy atom. The average Bonchev–Trinajstić information content (AvgIpc) is 2.85. The molecule has 1 aliphatic heterocycles. The first-order valence-electron chi connectivity index (χ1n) is 7.06. The van der Waals surface area contributed by atoms with E-state index in [1.165, 1.54) is 12.2 Å². The number of para-hydroxylation sites is 1. The van der Waals surface area contributed by atoms with Crippen molar-refractivity contribution < 1.29 is 14.4 Å². The van der Waals surface area contributed by atoms with Gasteiger partial charge in [-0.05, 0) is 12.1 Å². The number of fused-ring (bicyclic) bond motifs is 1. The summed E-state index contributed by atoms with van der Waals surface area (Å²) in [4.78, 5) is 37.1. The summed E-state index contributed by atoms with van der Waals surface area (Å²) in [7, 11) is 1.89. The van der Waals surface area contributed by atoms with Gasteiger partial charge in [0.25, 0.3) is 11.8 Å². The van der Waals surface area contributed by atoms with Gasteiger partial charge in [-0.3, -0.25) is 19.8 Å². The third-order valence-electron chi connectivity index (χ3n) is 3.73. The number of barbiturate groups is 1. The van der Waals surface area contributed by atoms with E-state index in [-0.39, 0.29) is 12.1 Å². The first kappa shape index (κ1) is 14.8. The summed E-state index contributed by atoms with van der Waals surface area (Å²) < 4.78 is 1.92. The summed E-state index contributed by atoms with van der Waals surface area (Å²) >= 11 is 0. The van der Waals surface area contributed by atoms with Crippen molar-refractivity contribution in [3.05, 3.63) is 54.3 Å². The molecule has 0 spiro atoms. The quantitative estimate of drug-likeness (QED) is 0.534. The number of aryl methyl sites for hydroxylation is 1. The molecule has 4 amide bonds. The van der Waals surface area contributed by atoms with Crippen LogP contribution in [-0.4, -0.2) is 33.9 Å². The molecule has 6 heteroatoms. The maximum atomic E-state index is 12.4. The zero-order valence-corrected chi connectivity index (χ0v) is 12.6. The molecular weight excluding hydrogens is 294 g/mol. The molecule has 0 unspecified atom stereocenters. The zero-order valence-electron chi connectivity index (χ0n) is 12.6. The summed E-state index contributed by atoms with van der Waals surface area (Å²) in [5, 5.41) is 3.10. The van der Waals surface area contributed by atoms with E-state index in [1.807, 2.05) is 42.1 Å². The van der Waals surface area contributed by atoms with Crippen LogP contribution in [0.5, 0.6) is 0 Å². The summed E-state index contributed by atoms with van der Waals surface area (Å²) in [5.41, 5.74) is 1.67. The third-order valence-corrected chi connectivity index (χ3v) is 3.73. The number of imide groups is 2. The fourth-order valence-corrected chi connectivity index (χ4v) is 2.63. The molecule has 1 aliphatic rings. The highest BCUT2D eigenvalue weighted by Gasteiger charge is 2.35. The second-order valence-electron chi connectivity index (χ2n) is 5.23. The monoisotopic (exact) mass is 309 g/mol. The van der Waals surface area contributed by atoms with E-state index >= 15 is 0 Å². The van der Waals surface area contributed by atoms with Gasteiger partial charge in [-0.15, -0.1) is 6.58 Å². The molecule has 2 heterocycles. The molecule has 1 fully saturated rings. The van der Waals surface area contributed by atoms with Crippen molar-refractivity contribution in [2.45, 2.75) is 0 Å². The summed E-state index contributed by atoms with van der Waals surface area (Å²) in [6.07, 6.45) is 4.79. The number of benzene rings is 1. The van der Waals surface area contributed by atoms with E-state index in [1.54, 1.807) is 0 Å². The Bertz CT molecular complexity index is 876. The lowest BCUT2D eigenvalue weighted by molar-refractivity contribution is -0.129. The minimum absolute atomic E-state index is 0.0465. The van der Waals surface area contributed by atoms with Crippen LogP contribution in [0.4, 0.5) is 4.79 Å². The van der Waals surface area contributed by atoms with Crippen LogP contribution in [0.25, 0.3) is 17.0 Å². The van der Waals surface area contributed by atoms with Crippen molar-refractivity contribution in [3.8, 4) is 0 Å². The number of aromatic nitrogens is 1. The SMILES string of the molecule is C=CCN1C(=O)NC(=O)/C(=C/c2cn(C)c3ccccc23)C1=O. The van der Waals surface area contributed by atoms with E-state index in [4.69, 9.17) is 0 Å². The zero-order chi connectivity index (χ0) is 16.6. The van der Waals surface area contributed by atoms with E-state index in [2.05, 4.69) is 11.9 Å². The molecule has 1 saturated heterocycles. The van der Waals surface area contributed by atoms with E-state index < -0.39 is 17.8 Å². The van der Waals surface area contributed by atoms with Gasteiger partial charge in [-0.1, -0.05) is 24.3 Å². The van der Waals surface area contributed by atoms with Crippen molar-refractivity contribution in [2.24, 2.45) is 7.05 Å². The molecule has 0 aliphatic carbocycles. The van der Waals surface area contributed by atoms with Gasteiger partial charge in [0.1, 0.15) is 5.57 Å². The highest BCUT2D eigenvalue weighted by Crippen LogP contribution is 2.24. The van der Waals surface area contributed by atoms with Crippen molar-refractivity contribution in [1.82, 2.24) is 14.8 Å². The van der Waals surface area contributed by atoms with Crippen LogP contribution in [0.3, 0.4) is 0 Å². The molecule has 1 aromatic carbocycles. The van der Waals surface area contributed by atoms with Crippen LogP contribution in [0.2, 0.25) is 0 Å². The number of carbonyl (C=O) groups excluding carboxylic acids is 3. The molecule has 1 N–H and O–H groups in total. The number of carbonyl (C=O) groups is 3. The lowest BCUT2D eigenvalue weighted by atomic mass is 10.1. The van der Waals surface area contributed by atoms with Crippen molar-refractivity contribution in [1.29, 1.82) is 0 Å². The molecule has 0 atom stereocenters. The van der Waals surface area contributed by atoms with Gasteiger partial charge in [0.05, 0.1) is 0 Å². The Morgan fingerprint density at radius 1 is 1.22 bits per heavy atom. The van der Waals surface area contributed by atoms with Crippen LogP contribution in [-0.2, 0) is 16.6 Å². The van der Waals surface area contributed by atoms with Gasteiger partial charge in [0, 0.05) is 36.3 Å². The van der Waals surface area contributed by atoms with E-state index in [9.17, 15) is 14.4 Å². The van der Waals surface area contributed by atoms with Gasteiger partial charge >= 0.3 is 6.03 Å². The van der Waals surface area contributed by atoms with Gasteiger partial charge < -0.3 is 4.57 Å². The predicted octanol–water partition coefficient (Wildman–Crippen LogP) is 1.83.